The van der Waals surface area contributed by atoms with Crippen molar-refractivity contribution in [1.82, 2.24) is 10.6 Å². The van der Waals surface area contributed by atoms with Gasteiger partial charge in [0, 0.05) is 5.54 Å². The smallest absolute Gasteiger partial charge is 0.326 e. The number of rotatable bonds is 6. The van der Waals surface area contributed by atoms with Crippen LogP contribution in [-0.4, -0.2) is 36.0 Å². The number of nitrogens with one attached hydrogen (secondary N) is 2. The van der Waals surface area contributed by atoms with Gasteiger partial charge >= 0.3 is 5.97 Å². The summed E-state index contributed by atoms with van der Waals surface area (Å²) < 4.78 is 5.06. The van der Waals surface area contributed by atoms with Gasteiger partial charge in [0.25, 0.3) is 5.91 Å². The van der Waals surface area contributed by atoms with Crippen molar-refractivity contribution >= 4 is 28.6 Å². The summed E-state index contributed by atoms with van der Waals surface area (Å²) >= 11 is 0. The number of benzene rings is 2. The van der Waals surface area contributed by atoms with Crippen LogP contribution >= 0.6 is 0 Å². The Morgan fingerprint density at radius 3 is 2.41 bits per heavy atom. The van der Waals surface area contributed by atoms with Crippen LogP contribution in [0.4, 0.5) is 0 Å². The van der Waals surface area contributed by atoms with Gasteiger partial charge in [-0.3, -0.25) is 14.4 Å². The molecule has 0 aliphatic rings. The van der Waals surface area contributed by atoms with Crippen molar-refractivity contribution in [3.05, 3.63) is 48.0 Å². The van der Waals surface area contributed by atoms with E-state index in [0.29, 0.717) is 0 Å². The first-order chi connectivity index (χ1) is 12.7. The van der Waals surface area contributed by atoms with Gasteiger partial charge in [-0.25, -0.2) is 0 Å². The number of hydrogen-bond acceptors (Lipinski definition) is 4. The Kier molecular flexibility index (Phi) is 6.55. The zero-order valence-electron chi connectivity index (χ0n) is 16.2. The molecule has 144 valence electrons. The van der Waals surface area contributed by atoms with Crippen molar-refractivity contribution in [3.8, 4) is 0 Å². The van der Waals surface area contributed by atoms with Crippen LogP contribution in [-0.2, 0) is 25.5 Å². The van der Waals surface area contributed by atoms with Crippen molar-refractivity contribution in [1.29, 1.82) is 0 Å². The second-order valence-electron chi connectivity index (χ2n) is 7.46. The molecule has 2 rings (SSSR count). The largest absolute Gasteiger partial charge is 0.451 e. The molecule has 0 unspecified atom stereocenters. The molecule has 2 aromatic rings. The predicted octanol–water partition coefficient (Wildman–Crippen LogP) is 2.34. The van der Waals surface area contributed by atoms with Crippen LogP contribution in [0.2, 0.25) is 0 Å². The van der Waals surface area contributed by atoms with Crippen LogP contribution in [0, 0.1) is 0 Å². The SMILES string of the molecule is C[C@@H](OC(=O)CNC(=O)Cc1cccc2ccccc12)C(=O)NC(C)(C)C. The molecule has 0 aliphatic carbocycles. The minimum Gasteiger partial charge on any atom is -0.451 e. The van der Waals surface area contributed by atoms with Gasteiger partial charge in [0.2, 0.25) is 5.91 Å². The molecule has 2 aromatic carbocycles. The van der Waals surface area contributed by atoms with E-state index in [1.165, 1.54) is 6.92 Å². The monoisotopic (exact) mass is 370 g/mol. The summed E-state index contributed by atoms with van der Waals surface area (Å²) in [6.45, 7) is 6.74. The number of esters is 1. The predicted molar refractivity (Wildman–Crippen MR) is 104 cm³/mol. The molecule has 0 aromatic heterocycles. The Balaban J connectivity index is 1.84. The molecule has 6 heteroatoms. The second kappa shape index (κ2) is 8.66. The highest BCUT2D eigenvalue weighted by atomic mass is 16.5. The summed E-state index contributed by atoms with van der Waals surface area (Å²) in [5, 5.41) is 7.34. The second-order valence-corrected chi connectivity index (χ2v) is 7.46. The Morgan fingerprint density at radius 2 is 1.70 bits per heavy atom. The van der Waals surface area contributed by atoms with Crippen LogP contribution < -0.4 is 10.6 Å². The van der Waals surface area contributed by atoms with E-state index in [9.17, 15) is 14.4 Å². The number of ether oxygens (including phenoxy) is 1. The molecule has 0 bridgehead atoms. The summed E-state index contributed by atoms with van der Waals surface area (Å²) in [4.78, 5) is 36.0. The summed E-state index contributed by atoms with van der Waals surface area (Å²) in [5.41, 5.74) is 0.474. The lowest BCUT2D eigenvalue weighted by atomic mass is 10.0. The Labute approximate surface area is 159 Å². The fourth-order valence-corrected chi connectivity index (χ4v) is 2.62. The molecule has 0 fully saturated rings. The lowest BCUT2D eigenvalue weighted by Gasteiger charge is -2.23. The van der Waals surface area contributed by atoms with Crippen molar-refractivity contribution in [3.63, 3.8) is 0 Å². The summed E-state index contributed by atoms with van der Waals surface area (Å²) in [7, 11) is 0. The van der Waals surface area contributed by atoms with E-state index >= 15 is 0 Å². The molecular weight excluding hydrogens is 344 g/mol. The molecule has 0 aliphatic heterocycles. The molecule has 6 nitrogen and oxygen atoms in total. The van der Waals surface area contributed by atoms with Crippen LogP contribution in [0.3, 0.4) is 0 Å². The van der Waals surface area contributed by atoms with E-state index < -0.39 is 17.6 Å². The average Bonchev–Trinajstić information content (AvgIpc) is 2.59. The Morgan fingerprint density at radius 1 is 1.04 bits per heavy atom. The van der Waals surface area contributed by atoms with Crippen molar-refractivity contribution in [2.75, 3.05) is 6.54 Å². The highest BCUT2D eigenvalue weighted by Gasteiger charge is 2.22. The minimum absolute atomic E-state index is 0.161. The average molecular weight is 370 g/mol. The van der Waals surface area contributed by atoms with E-state index in [-0.39, 0.29) is 24.8 Å². The molecule has 2 amide bonds. The maximum atomic E-state index is 12.2. The quantitative estimate of drug-likeness (QED) is 0.765. The van der Waals surface area contributed by atoms with Gasteiger partial charge in [0.15, 0.2) is 6.10 Å². The highest BCUT2D eigenvalue weighted by Crippen LogP contribution is 2.18. The number of hydrogen-bond donors (Lipinski definition) is 2. The summed E-state index contributed by atoms with van der Waals surface area (Å²) in [6, 6.07) is 13.6. The van der Waals surface area contributed by atoms with Crippen molar-refractivity contribution in [2.45, 2.75) is 45.8 Å². The fourth-order valence-electron chi connectivity index (χ4n) is 2.62. The lowest BCUT2D eigenvalue weighted by molar-refractivity contribution is -0.155. The number of carbonyl (C=O) groups is 3. The van der Waals surface area contributed by atoms with Gasteiger partial charge in [-0.15, -0.1) is 0 Å². The van der Waals surface area contributed by atoms with Gasteiger partial charge in [-0.2, -0.15) is 0 Å². The molecule has 0 saturated heterocycles. The maximum Gasteiger partial charge on any atom is 0.326 e. The van der Waals surface area contributed by atoms with Gasteiger partial charge in [0.1, 0.15) is 6.54 Å². The Hall–Kier alpha value is -2.89. The Bertz CT molecular complexity index is 834. The normalized spacial score (nSPS) is 12.3. The maximum absolute atomic E-state index is 12.2. The summed E-state index contributed by atoms with van der Waals surface area (Å²) in [5.74, 6) is -1.31. The fraction of sp³-hybridized carbons (Fsp3) is 0.381. The molecule has 1 atom stereocenters. The van der Waals surface area contributed by atoms with Crippen LogP contribution in [0.25, 0.3) is 10.8 Å². The van der Waals surface area contributed by atoms with E-state index in [1.54, 1.807) is 0 Å². The molecule has 0 saturated carbocycles. The molecule has 0 heterocycles. The third kappa shape index (κ3) is 6.40. The third-order valence-electron chi connectivity index (χ3n) is 3.84. The number of amides is 2. The number of fused-ring (bicyclic) bond motifs is 1. The van der Waals surface area contributed by atoms with Crippen LogP contribution in [0.5, 0.6) is 0 Å². The standard InChI is InChI=1S/C21H26N2O4/c1-14(20(26)23-21(2,3)4)27-19(25)13-22-18(24)12-16-10-7-9-15-8-5-6-11-17(15)16/h5-11,14H,12-13H2,1-4H3,(H,22,24)(H,23,26)/t14-/m1/s1. The zero-order chi connectivity index (χ0) is 20.0. The third-order valence-corrected chi connectivity index (χ3v) is 3.84. The van der Waals surface area contributed by atoms with Crippen LogP contribution in [0.1, 0.15) is 33.3 Å². The van der Waals surface area contributed by atoms with Crippen LogP contribution in [0.15, 0.2) is 42.5 Å². The van der Waals surface area contributed by atoms with E-state index in [4.69, 9.17) is 4.74 Å². The zero-order valence-corrected chi connectivity index (χ0v) is 16.2. The molecule has 0 spiro atoms. The number of carbonyl (C=O) groups excluding carboxylic acids is 3. The lowest BCUT2D eigenvalue weighted by Crippen LogP contribution is -2.46. The topological polar surface area (TPSA) is 84.5 Å². The van der Waals surface area contributed by atoms with E-state index in [2.05, 4.69) is 10.6 Å². The molecular formula is C21H26N2O4. The van der Waals surface area contributed by atoms with Gasteiger partial charge in [-0.05, 0) is 44.0 Å². The van der Waals surface area contributed by atoms with E-state index in [0.717, 1.165) is 16.3 Å². The van der Waals surface area contributed by atoms with Crippen molar-refractivity contribution in [2.24, 2.45) is 0 Å². The van der Waals surface area contributed by atoms with E-state index in [1.807, 2.05) is 63.2 Å². The highest BCUT2D eigenvalue weighted by molar-refractivity contribution is 5.91. The molecule has 2 N–H and O–H groups in total. The first-order valence-electron chi connectivity index (χ1n) is 8.90. The first-order valence-corrected chi connectivity index (χ1v) is 8.90. The van der Waals surface area contributed by atoms with Gasteiger partial charge < -0.3 is 15.4 Å². The first kappa shape index (κ1) is 20.4. The molecule has 27 heavy (non-hydrogen) atoms. The molecule has 0 radical (unpaired) electrons. The summed E-state index contributed by atoms with van der Waals surface area (Å²) in [6.07, 6.45) is -0.763. The van der Waals surface area contributed by atoms with Gasteiger partial charge in [-0.1, -0.05) is 42.5 Å². The van der Waals surface area contributed by atoms with Gasteiger partial charge in [0.05, 0.1) is 6.42 Å². The van der Waals surface area contributed by atoms with Crippen molar-refractivity contribution < 1.29 is 19.1 Å². The minimum atomic E-state index is -0.924.